The average molecular weight is 521 g/mol. The van der Waals surface area contributed by atoms with Gasteiger partial charge in [-0.25, -0.2) is 0 Å². The Bertz CT molecular complexity index is 1700. The van der Waals surface area contributed by atoms with E-state index in [2.05, 4.69) is 111 Å². The van der Waals surface area contributed by atoms with E-state index in [1.807, 2.05) is 26.0 Å². The molecule has 0 saturated carbocycles. The first kappa shape index (κ1) is 30.2. The maximum atomic E-state index is 6.10. The monoisotopic (exact) mass is 520 g/mol. The summed E-state index contributed by atoms with van der Waals surface area (Å²) < 4.78 is 6.10. The number of aryl methyl sites for hydroxylation is 1. The van der Waals surface area contributed by atoms with Crippen LogP contribution >= 0.6 is 0 Å². The number of benzene rings is 4. The molecule has 0 radical (unpaired) electrons. The van der Waals surface area contributed by atoms with E-state index >= 15 is 0 Å². The molecule has 1 aliphatic rings. The molecule has 0 amide bonds. The van der Waals surface area contributed by atoms with Gasteiger partial charge in [-0.1, -0.05) is 123 Å². The van der Waals surface area contributed by atoms with Gasteiger partial charge in [0.25, 0.3) is 0 Å². The highest BCUT2D eigenvalue weighted by molar-refractivity contribution is 5.91. The molecule has 0 N–H and O–H groups in total. The summed E-state index contributed by atoms with van der Waals surface area (Å²) in [5.74, 6) is 1.00. The maximum absolute atomic E-state index is 6.10. The zero-order chi connectivity index (χ0) is 29.3. The fraction of sp³-hybridized carbons (Fsp3) is 0.368. The standard InChI is InChI=1S/C19H24.C17H18O.C2H6/c1-13-14(2)17-9-7-8-10-18(17)15(3)16(13)11-12-19(4,5)6;1-10-11(2)15-16(18-12(3)17(15,4)5)14-9-7-6-8-13(10)14;1-2/h7-10H,1-2,11-12H2,3-6H3;6-9,12H,1-2H2,3-5H3;1-2H3. The fourth-order valence-corrected chi connectivity index (χ4v) is 5.51. The molecule has 0 bridgehead atoms. The first-order valence-corrected chi connectivity index (χ1v) is 14.3. The van der Waals surface area contributed by atoms with Crippen LogP contribution in [-0.4, -0.2) is 6.10 Å². The van der Waals surface area contributed by atoms with Crippen LogP contribution in [0.15, 0.2) is 48.5 Å². The highest BCUT2D eigenvalue weighted by Crippen LogP contribution is 2.43. The van der Waals surface area contributed by atoms with Crippen molar-refractivity contribution in [3.05, 3.63) is 86.1 Å². The van der Waals surface area contributed by atoms with Gasteiger partial charge in [0.05, 0.1) is 0 Å². The largest absolute Gasteiger partial charge is 0.489 e. The van der Waals surface area contributed by atoms with Crippen molar-refractivity contribution in [2.75, 3.05) is 0 Å². The minimum absolute atomic E-state index is 0.0110. The van der Waals surface area contributed by atoms with E-state index in [1.54, 1.807) is 0 Å². The van der Waals surface area contributed by atoms with Crippen molar-refractivity contribution >= 4 is 47.9 Å². The molecule has 1 unspecified atom stereocenters. The summed E-state index contributed by atoms with van der Waals surface area (Å²) in [6.07, 6.45) is 2.42. The lowest BCUT2D eigenvalue weighted by Crippen LogP contribution is -2.36. The molecule has 1 atom stereocenters. The predicted octanol–water partition coefficient (Wildman–Crippen LogP) is 7.69. The minimum Gasteiger partial charge on any atom is -0.489 e. The Labute approximate surface area is 236 Å². The quantitative estimate of drug-likeness (QED) is 0.263. The van der Waals surface area contributed by atoms with Crippen LogP contribution in [0, 0.1) is 12.3 Å². The summed E-state index contributed by atoms with van der Waals surface area (Å²) in [4.78, 5) is 0. The maximum Gasteiger partial charge on any atom is 0.132 e. The Morgan fingerprint density at radius 1 is 0.744 bits per heavy atom. The lowest BCUT2D eigenvalue weighted by molar-refractivity contribution is 0.187. The Morgan fingerprint density at radius 3 is 1.74 bits per heavy atom. The molecule has 1 nitrogen and oxygen atoms in total. The van der Waals surface area contributed by atoms with Crippen LogP contribution in [0.2, 0.25) is 0 Å². The highest BCUT2D eigenvalue weighted by atomic mass is 16.5. The van der Waals surface area contributed by atoms with E-state index in [0.717, 1.165) is 43.8 Å². The topological polar surface area (TPSA) is 9.23 Å². The second kappa shape index (κ2) is 11.4. The van der Waals surface area contributed by atoms with E-state index in [-0.39, 0.29) is 11.5 Å². The third kappa shape index (κ3) is 5.69. The van der Waals surface area contributed by atoms with Crippen LogP contribution in [-0.2, 0) is 11.8 Å². The number of hydrogen-bond acceptors (Lipinski definition) is 1. The molecular weight excluding hydrogens is 472 g/mol. The molecule has 0 saturated heterocycles. The molecule has 206 valence electrons. The number of hydrogen-bond donors (Lipinski definition) is 0. The lowest BCUT2D eigenvalue weighted by atomic mass is 9.80. The van der Waals surface area contributed by atoms with Gasteiger partial charge in [-0.05, 0) is 80.3 Å². The van der Waals surface area contributed by atoms with Gasteiger partial charge in [-0.3, -0.25) is 0 Å². The summed E-state index contributed by atoms with van der Waals surface area (Å²) >= 11 is 0. The summed E-state index contributed by atoms with van der Waals surface area (Å²) in [6, 6.07) is 16.8. The van der Waals surface area contributed by atoms with Crippen LogP contribution in [0.3, 0.4) is 0 Å². The smallest absolute Gasteiger partial charge is 0.132 e. The summed E-state index contributed by atoms with van der Waals surface area (Å²) in [7, 11) is 0. The first-order valence-electron chi connectivity index (χ1n) is 14.3. The summed E-state index contributed by atoms with van der Waals surface area (Å²) in [6.45, 7) is 36.6. The molecule has 0 fully saturated rings. The molecule has 4 aromatic rings. The van der Waals surface area contributed by atoms with Crippen molar-refractivity contribution in [1.29, 1.82) is 0 Å². The minimum atomic E-state index is -0.0110. The Balaban J connectivity index is 0.000000203. The van der Waals surface area contributed by atoms with Gasteiger partial charge in [0.1, 0.15) is 11.9 Å². The van der Waals surface area contributed by atoms with Crippen molar-refractivity contribution in [3.8, 4) is 5.75 Å². The molecular formula is C38H48O. The molecule has 0 aromatic heterocycles. The fourth-order valence-electron chi connectivity index (χ4n) is 5.51. The van der Waals surface area contributed by atoms with Gasteiger partial charge >= 0.3 is 0 Å². The Kier molecular flexibility index (Phi) is 8.85. The van der Waals surface area contributed by atoms with E-state index in [1.165, 1.54) is 33.9 Å². The average Bonchev–Trinajstić information content (AvgIpc) is 3.15. The molecule has 1 heterocycles. The third-order valence-corrected chi connectivity index (χ3v) is 8.31. The predicted molar refractivity (Wildman–Crippen MR) is 175 cm³/mol. The van der Waals surface area contributed by atoms with Crippen molar-refractivity contribution in [2.45, 2.75) is 86.7 Å². The molecule has 1 aliphatic heterocycles. The molecule has 0 spiro atoms. The summed E-state index contributed by atoms with van der Waals surface area (Å²) in [5.41, 5.74) is 4.32. The van der Waals surface area contributed by atoms with Crippen LogP contribution in [0.4, 0.5) is 0 Å². The number of fused-ring (bicyclic) bond motifs is 4. The van der Waals surface area contributed by atoms with E-state index in [0.29, 0.717) is 5.41 Å². The van der Waals surface area contributed by atoms with Gasteiger partial charge in [0, 0.05) is 16.4 Å². The molecule has 4 aromatic carbocycles. The number of ether oxygens (including phenoxy) is 1. The van der Waals surface area contributed by atoms with Crippen molar-refractivity contribution in [1.82, 2.24) is 0 Å². The molecule has 5 rings (SSSR count). The van der Waals surface area contributed by atoms with Crippen LogP contribution in [0.5, 0.6) is 5.75 Å². The SMILES string of the molecule is C=c1c(CCC(C)(C)C)c(C)c2ccccc2c1=C.C=c1c2c(c3ccccc3c1=C)OC(C)C2(C)C.CC. The lowest BCUT2D eigenvalue weighted by Gasteiger charge is -2.22. The van der Waals surface area contributed by atoms with Crippen molar-refractivity contribution in [3.63, 3.8) is 0 Å². The van der Waals surface area contributed by atoms with Crippen LogP contribution < -0.4 is 25.6 Å². The van der Waals surface area contributed by atoms with Gasteiger partial charge in [0.2, 0.25) is 0 Å². The van der Waals surface area contributed by atoms with Gasteiger partial charge in [-0.15, -0.1) is 0 Å². The number of rotatable bonds is 2. The normalized spacial score (nSPS) is 15.6. The first-order chi connectivity index (χ1) is 18.3. The Hall–Kier alpha value is -3.32. The van der Waals surface area contributed by atoms with Crippen molar-refractivity contribution in [2.24, 2.45) is 5.41 Å². The van der Waals surface area contributed by atoms with Gasteiger partial charge < -0.3 is 4.74 Å². The molecule has 0 aliphatic carbocycles. The van der Waals surface area contributed by atoms with E-state index in [9.17, 15) is 0 Å². The Morgan fingerprint density at radius 2 is 1.21 bits per heavy atom. The highest BCUT2D eigenvalue weighted by Gasteiger charge is 2.40. The van der Waals surface area contributed by atoms with E-state index < -0.39 is 0 Å². The molecule has 39 heavy (non-hydrogen) atoms. The zero-order valence-electron chi connectivity index (χ0n) is 25.8. The van der Waals surface area contributed by atoms with Crippen molar-refractivity contribution < 1.29 is 4.74 Å². The second-order valence-electron chi connectivity index (χ2n) is 12.4. The zero-order valence-corrected chi connectivity index (χ0v) is 25.8. The molecule has 1 heteroatoms. The van der Waals surface area contributed by atoms with Crippen LogP contribution in [0.25, 0.3) is 47.9 Å². The van der Waals surface area contributed by atoms with Gasteiger partial charge in [-0.2, -0.15) is 0 Å². The van der Waals surface area contributed by atoms with Crippen LogP contribution in [0.1, 0.15) is 78.5 Å². The van der Waals surface area contributed by atoms with Gasteiger partial charge in [0.15, 0.2) is 0 Å². The third-order valence-electron chi connectivity index (χ3n) is 8.31. The van der Waals surface area contributed by atoms with E-state index in [4.69, 9.17) is 4.74 Å². The summed E-state index contributed by atoms with van der Waals surface area (Å²) in [5, 5.41) is 9.13. The second-order valence-corrected chi connectivity index (χ2v) is 12.4.